The molecule has 1 atom stereocenters. The van der Waals surface area contributed by atoms with Gasteiger partial charge >= 0.3 is 0 Å². The molecule has 0 aliphatic carbocycles. The lowest BCUT2D eigenvalue weighted by Crippen LogP contribution is -2.29. The number of carbonyl (C=O) groups is 2. The van der Waals surface area contributed by atoms with Crippen molar-refractivity contribution in [2.75, 3.05) is 10.7 Å². The maximum absolute atomic E-state index is 12.3. The van der Waals surface area contributed by atoms with Gasteiger partial charge in [0, 0.05) is 10.6 Å². The van der Waals surface area contributed by atoms with E-state index in [1.807, 2.05) is 25.1 Å². The number of hydrogen-bond donors (Lipinski definition) is 3. The van der Waals surface area contributed by atoms with Crippen LogP contribution in [0.25, 0.3) is 0 Å². The van der Waals surface area contributed by atoms with Crippen molar-refractivity contribution in [3.8, 4) is 0 Å². The molecule has 2 aliphatic rings. The number of nitrogens with zero attached hydrogens (tertiary/aromatic N) is 2. The molecular formula is C18H14ClN5O2S. The molecule has 0 aromatic heterocycles. The van der Waals surface area contributed by atoms with Gasteiger partial charge in [-0.15, -0.1) is 0 Å². The van der Waals surface area contributed by atoms with E-state index < -0.39 is 0 Å². The highest BCUT2D eigenvalue weighted by Gasteiger charge is 2.29. The zero-order chi connectivity index (χ0) is 19.0. The number of thioether (sulfide) groups is 1. The van der Waals surface area contributed by atoms with Crippen LogP contribution < -0.4 is 16.2 Å². The maximum Gasteiger partial charge on any atom is 0.299 e. The van der Waals surface area contributed by atoms with Gasteiger partial charge in [0.2, 0.25) is 0 Å². The number of rotatable bonds is 3. The molecule has 2 aromatic rings. The molecule has 9 heteroatoms. The largest absolute Gasteiger partial charge is 0.320 e. The topological polar surface area (TPSA) is 94.9 Å². The summed E-state index contributed by atoms with van der Waals surface area (Å²) >= 11 is 7.04. The number of benzene rings is 2. The molecule has 0 spiro atoms. The van der Waals surface area contributed by atoms with Gasteiger partial charge < -0.3 is 5.32 Å². The summed E-state index contributed by atoms with van der Waals surface area (Å²) in [6.07, 6.45) is 0. The predicted molar refractivity (Wildman–Crippen MR) is 109 cm³/mol. The highest BCUT2D eigenvalue weighted by atomic mass is 35.5. The van der Waals surface area contributed by atoms with E-state index >= 15 is 0 Å². The standard InChI is InChI=1S/C18H14ClN5O2S/c1-9-15(22-24-18(26)27-9)10-2-7-14-13(8-10)16(17(25)20-14)23-21-12-5-3-11(19)4-6-12/h2-9,21H,1H3,(H,24,26)(H,20,23,25). The van der Waals surface area contributed by atoms with Gasteiger partial charge in [-0.25, -0.2) is 5.43 Å². The summed E-state index contributed by atoms with van der Waals surface area (Å²) in [5.74, 6) is -0.287. The molecule has 136 valence electrons. The number of hydrogen-bond acceptors (Lipinski definition) is 6. The highest BCUT2D eigenvalue weighted by Crippen LogP contribution is 2.28. The van der Waals surface area contributed by atoms with E-state index in [9.17, 15) is 9.59 Å². The van der Waals surface area contributed by atoms with Crippen molar-refractivity contribution in [2.24, 2.45) is 10.2 Å². The molecule has 27 heavy (non-hydrogen) atoms. The Bertz CT molecular complexity index is 1000. The van der Waals surface area contributed by atoms with Crippen LogP contribution in [-0.2, 0) is 4.79 Å². The first-order valence-electron chi connectivity index (χ1n) is 8.11. The van der Waals surface area contributed by atoms with Crippen LogP contribution in [0.3, 0.4) is 0 Å². The number of anilines is 2. The molecule has 0 bridgehead atoms. The molecule has 0 fully saturated rings. The van der Waals surface area contributed by atoms with Gasteiger partial charge in [0.15, 0.2) is 5.71 Å². The number of halogens is 1. The number of nitrogens with one attached hydrogen (secondary N) is 3. The number of fused-ring (bicyclic) bond motifs is 1. The lowest BCUT2D eigenvalue weighted by Gasteiger charge is -2.18. The number of hydrazone groups is 2. The molecule has 2 aromatic carbocycles. The van der Waals surface area contributed by atoms with Crippen molar-refractivity contribution in [2.45, 2.75) is 12.2 Å². The van der Waals surface area contributed by atoms with Gasteiger partial charge in [-0.05, 0) is 48.9 Å². The monoisotopic (exact) mass is 399 g/mol. The molecule has 0 radical (unpaired) electrons. The van der Waals surface area contributed by atoms with E-state index in [0.29, 0.717) is 22.0 Å². The average molecular weight is 400 g/mol. The molecule has 0 saturated heterocycles. The van der Waals surface area contributed by atoms with Crippen LogP contribution in [0.2, 0.25) is 5.02 Å². The van der Waals surface area contributed by atoms with Gasteiger partial charge in [0.05, 0.1) is 22.3 Å². The Kier molecular flexibility index (Phi) is 4.59. The third kappa shape index (κ3) is 3.54. The summed E-state index contributed by atoms with van der Waals surface area (Å²) in [6.45, 7) is 1.91. The first kappa shape index (κ1) is 17.6. The molecule has 2 aliphatic heterocycles. The summed E-state index contributed by atoms with van der Waals surface area (Å²) in [6, 6.07) is 12.5. The Labute approximate surface area is 164 Å². The number of carbonyl (C=O) groups excluding carboxylic acids is 2. The molecule has 1 unspecified atom stereocenters. The molecule has 3 N–H and O–H groups in total. The van der Waals surface area contributed by atoms with Crippen molar-refractivity contribution in [1.82, 2.24) is 5.43 Å². The van der Waals surface area contributed by atoms with Crippen molar-refractivity contribution in [3.05, 3.63) is 58.6 Å². The lowest BCUT2D eigenvalue weighted by molar-refractivity contribution is -0.110. The fraction of sp³-hybridized carbons (Fsp3) is 0.111. The third-order valence-electron chi connectivity index (χ3n) is 4.11. The van der Waals surface area contributed by atoms with Crippen molar-refractivity contribution < 1.29 is 9.59 Å². The van der Waals surface area contributed by atoms with Crippen molar-refractivity contribution >= 4 is 57.3 Å². The van der Waals surface area contributed by atoms with E-state index in [4.69, 9.17) is 11.6 Å². The summed E-state index contributed by atoms with van der Waals surface area (Å²) in [5.41, 5.74) is 9.27. The molecule has 0 saturated carbocycles. The van der Waals surface area contributed by atoms with Crippen LogP contribution in [0.15, 0.2) is 52.7 Å². The Balaban J connectivity index is 1.66. The zero-order valence-corrected chi connectivity index (χ0v) is 15.7. The molecule has 2 heterocycles. The van der Waals surface area contributed by atoms with Gasteiger partial charge in [0.25, 0.3) is 11.1 Å². The van der Waals surface area contributed by atoms with E-state index in [1.54, 1.807) is 24.3 Å². The molecule has 4 rings (SSSR count). The summed E-state index contributed by atoms with van der Waals surface area (Å²) in [4.78, 5) is 23.7. The van der Waals surface area contributed by atoms with E-state index in [1.165, 1.54) is 11.8 Å². The van der Waals surface area contributed by atoms with Gasteiger partial charge in [-0.1, -0.05) is 29.4 Å². The molecule has 7 nitrogen and oxygen atoms in total. The lowest BCUT2D eigenvalue weighted by atomic mass is 10.0. The quantitative estimate of drug-likeness (QED) is 0.686. The second-order valence-electron chi connectivity index (χ2n) is 5.95. The van der Waals surface area contributed by atoms with Gasteiger partial charge in [-0.2, -0.15) is 10.2 Å². The second kappa shape index (κ2) is 7.05. The van der Waals surface area contributed by atoms with Crippen LogP contribution in [0.4, 0.5) is 16.2 Å². The Morgan fingerprint density at radius 2 is 1.96 bits per heavy atom. The van der Waals surface area contributed by atoms with E-state index in [0.717, 1.165) is 11.3 Å². The number of amides is 2. The van der Waals surface area contributed by atoms with Crippen molar-refractivity contribution in [3.63, 3.8) is 0 Å². The predicted octanol–water partition coefficient (Wildman–Crippen LogP) is 3.66. The van der Waals surface area contributed by atoms with Crippen LogP contribution in [0.1, 0.15) is 18.1 Å². The van der Waals surface area contributed by atoms with E-state index in [2.05, 4.69) is 26.4 Å². The summed E-state index contributed by atoms with van der Waals surface area (Å²) in [5, 5.41) is 11.6. The smallest absolute Gasteiger partial charge is 0.299 e. The first-order valence-corrected chi connectivity index (χ1v) is 9.36. The highest BCUT2D eigenvalue weighted by molar-refractivity contribution is 8.14. The van der Waals surface area contributed by atoms with Gasteiger partial charge in [-0.3, -0.25) is 15.0 Å². The first-order chi connectivity index (χ1) is 13.0. The minimum atomic E-state index is -0.287. The van der Waals surface area contributed by atoms with Crippen LogP contribution in [0, 0.1) is 0 Å². The van der Waals surface area contributed by atoms with Gasteiger partial charge in [0.1, 0.15) is 0 Å². The normalized spacial score (nSPS) is 20.0. The Hall–Kier alpha value is -2.84. The zero-order valence-electron chi connectivity index (χ0n) is 14.1. The molecule has 2 amide bonds. The maximum atomic E-state index is 12.3. The fourth-order valence-electron chi connectivity index (χ4n) is 2.81. The van der Waals surface area contributed by atoms with Crippen LogP contribution >= 0.6 is 23.4 Å². The SMILES string of the molecule is CC1SC(=O)NN=C1c1ccc2c(c1)C(=NNc1ccc(Cl)cc1)C(=O)N2. The van der Waals surface area contributed by atoms with E-state index in [-0.39, 0.29) is 22.1 Å². The summed E-state index contributed by atoms with van der Waals surface area (Å²) < 4.78 is 0. The Morgan fingerprint density at radius 1 is 1.19 bits per heavy atom. The molecular weight excluding hydrogens is 386 g/mol. The minimum Gasteiger partial charge on any atom is -0.320 e. The average Bonchev–Trinajstić information content (AvgIpc) is 2.96. The van der Waals surface area contributed by atoms with Crippen LogP contribution in [0.5, 0.6) is 0 Å². The minimum absolute atomic E-state index is 0.0885. The van der Waals surface area contributed by atoms with Crippen LogP contribution in [-0.4, -0.2) is 27.8 Å². The second-order valence-corrected chi connectivity index (χ2v) is 7.70. The fourth-order valence-corrected chi connectivity index (χ4v) is 3.65. The summed E-state index contributed by atoms with van der Waals surface area (Å²) in [7, 11) is 0. The third-order valence-corrected chi connectivity index (χ3v) is 5.25. The van der Waals surface area contributed by atoms with Crippen molar-refractivity contribution in [1.29, 1.82) is 0 Å². The Morgan fingerprint density at radius 3 is 2.70 bits per heavy atom.